The van der Waals surface area contributed by atoms with Crippen LogP contribution in [0, 0.1) is 18.8 Å². The molecule has 34 heavy (non-hydrogen) atoms. The molecule has 0 saturated heterocycles. The quantitative estimate of drug-likeness (QED) is 0.520. The van der Waals surface area contributed by atoms with Crippen LogP contribution in [0.1, 0.15) is 51.0 Å². The maximum absolute atomic E-state index is 14.9. The third-order valence-electron chi connectivity index (χ3n) is 6.99. The van der Waals surface area contributed by atoms with Gasteiger partial charge in [-0.15, -0.1) is 5.10 Å². The van der Waals surface area contributed by atoms with Gasteiger partial charge < -0.3 is 9.30 Å². The molecule has 7 nitrogen and oxygen atoms in total. The van der Waals surface area contributed by atoms with Crippen molar-refractivity contribution < 1.29 is 9.13 Å². The molecule has 0 radical (unpaired) electrons. The number of aromatic nitrogens is 6. The third kappa shape index (κ3) is 3.95. The molecule has 4 heterocycles. The molecule has 3 atom stereocenters. The van der Waals surface area contributed by atoms with E-state index in [2.05, 4.69) is 18.0 Å². The monoisotopic (exact) mass is 462 g/mol. The Morgan fingerprint density at radius 1 is 1.21 bits per heavy atom. The van der Waals surface area contributed by atoms with Gasteiger partial charge in [0.15, 0.2) is 5.82 Å². The lowest BCUT2D eigenvalue weighted by Crippen LogP contribution is -2.34. The highest BCUT2D eigenvalue weighted by molar-refractivity contribution is 5.55. The van der Waals surface area contributed by atoms with Crippen LogP contribution >= 0.6 is 0 Å². The van der Waals surface area contributed by atoms with Crippen LogP contribution in [0.4, 0.5) is 4.39 Å². The first-order chi connectivity index (χ1) is 16.3. The van der Waals surface area contributed by atoms with Crippen molar-refractivity contribution in [2.45, 2.75) is 58.7 Å². The number of alkyl halides is 1. The lowest BCUT2D eigenvalue weighted by atomic mass is 9.71. The summed E-state index contributed by atoms with van der Waals surface area (Å²) in [6, 6.07) is 3.86. The standard InChI is InChI=1S/C26H31FN6O/c1-16-14-32(15-28-16)22-12-11-21(29-25(22)34-5)23-30-24-19(9-7-13-33(24)31-23)18-8-6-10-20(17(18)2)26(3,4)27/h6,8,10-12,14-15,17,19-20H,7,9,13H2,1-5H3/t17?,19-,20?/m0/s1. The number of fused-ring (bicyclic) bond motifs is 1. The van der Waals surface area contributed by atoms with Gasteiger partial charge in [-0.3, -0.25) is 0 Å². The predicted molar refractivity (Wildman–Crippen MR) is 129 cm³/mol. The Balaban J connectivity index is 1.49. The van der Waals surface area contributed by atoms with Gasteiger partial charge in [-0.2, -0.15) is 0 Å². The summed E-state index contributed by atoms with van der Waals surface area (Å²) in [6.07, 6.45) is 11.8. The second kappa shape index (κ2) is 8.49. The van der Waals surface area contributed by atoms with Crippen molar-refractivity contribution in [3.63, 3.8) is 0 Å². The summed E-state index contributed by atoms with van der Waals surface area (Å²) in [5, 5.41) is 4.79. The zero-order valence-corrected chi connectivity index (χ0v) is 20.4. The number of aryl methyl sites for hydroxylation is 2. The molecule has 8 heteroatoms. The number of ether oxygens (including phenoxy) is 1. The Labute approximate surface area is 199 Å². The van der Waals surface area contributed by atoms with Crippen LogP contribution in [0.25, 0.3) is 17.2 Å². The highest BCUT2D eigenvalue weighted by atomic mass is 19.1. The first-order valence-electron chi connectivity index (χ1n) is 11.8. The van der Waals surface area contributed by atoms with Crippen molar-refractivity contribution in [1.82, 2.24) is 29.3 Å². The molecule has 5 rings (SSSR count). The third-order valence-corrected chi connectivity index (χ3v) is 6.99. The molecule has 0 saturated carbocycles. The van der Waals surface area contributed by atoms with E-state index in [1.54, 1.807) is 27.3 Å². The van der Waals surface area contributed by atoms with Gasteiger partial charge in [-0.25, -0.2) is 24.0 Å². The van der Waals surface area contributed by atoms with Crippen molar-refractivity contribution in [3.8, 4) is 23.1 Å². The largest absolute Gasteiger partial charge is 0.479 e. The summed E-state index contributed by atoms with van der Waals surface area (Å²) in [5.74, 6) is 2.06. The minimum absolute atomic E-state index is 0.0952. The Kier molecular flexibility index (Phi) is 5.62. The van der Waals surface area contributed by atoms with Gasteiger partial charge in [0.1, 0.15) is 22.9 Å². The van der Waals surface area contributed by atoms with Gasteiger partial charge in [0.2, 0.25) is 5.88 Å². The molecule has 0 aromatic carbocycles. The van der Waals surface area contributed by atoms with Gasteiger partial charge >= 0.3 is 0 Å². The van der Waals surface area contributed by atoms with Crippen LogP contribution in [0.15, 0.2) is 48.5 Å². The first-order valence-corrected chi connectivity index (χ1v) is 11.8. The number of methoxy groups -OCH3 is 1. The van der Waals surface area contributed by atoms with E-state index in [0.29, 0.717) is 17.4 Å². The molecule has 1 aliphatic carbocycles. The van der Waals surface area contributed by atoms with E-state index in [0.717, 1.165) is 36.6 Å². The van der Waals surface area contributed by atoms with Crippen molar-refractivity contribution in [3.05, 3.63) is 60.0 Å². The number of nitrogens with zero attached hydrogens (tertiary/aromatic N) is 6. The number of halogens is 1. The van der Waals surface area contributed by atoms with Gasteiger partial charge in [0.05, 0.1) is 19.1 Å². The molecule has 0 bridgehead atoms. The van der Waals surface area contributed by atoms with Gasteiger partial charge in [-0.05, 0) is 51.7 Å². The highest BCUT2D eigenvalue weighted by Crippen LogP contribution is 2.44. The number of imidazole rings is 1. The molecule has 2 aliphatic rings. The van der Waals surface area contributed by atoms with Crippen molar-refractivity contribution >= 4 is 0 Å². The summed E-state index contributed by atoms with van der Waals surface area (Å²) in [5.41, 5.74) is 2.33. The summed E-state index contributed by atoms with van der Waals surface area (Å²) in [6.45, 7) is 8.21. The fraction of sp³-hybridized carbons (Fsp3) is 0.462. The van der Waals surface area contributed by atoms with E-state index in [1.807, 2.05) is 46.7 Å². The Morgan fingerprint density at radius 2 is 2.03 bits per heavy atom. The summed E-state index contributed by atoms with van der Waals surface area (Å²) >= 11 is 0. The number of allylic oxidation sites excluding steroid dienone is 4. The Hall–Kier alpha value is -3.29. The number of rotatable bonds is 5. The van der Waals surface area contributed by atoms with Crippen molar-refractivity contribution in [2.75, 3.05) is 7.11 Å². The van der Waals surface area contributed by atoms with E-state index >= 15 is 0 Å². The molecular formula is C26H31FN6O. The Morgan fingerprint density at radius 3 is 2.74 bits per heavy atom. The molecule has 0 amide bonds. The first kappa shape index (κ1) is 22.5. The molecule has 2 unspecified atom stereocenters. The molecule has 3 aromatic heterocycles. The Bertz CT molecular complexity index is 1260. The van der Waals surface area contributed by atoms with Crippen LogP contribution < -0.4 is 4.74 Å². The van der Waals surface area contributed by atoms with Crippen LogP contribution in [-0.2, 0) is 6.54 Å². The van der Waals surface area contributed by atoms with Crippen LogP contribution in [0.3, 0.4) is 0 Å². The van der Waals surface area contributed by atoms with Gasteiger partial charge in [0, 0.05) is 24.6 Å². The molecule has 3 aromatic rings. The number of pyridine rings is 1. The van der Waals surface area contributed by atoms with E-state index in [-0.39, 0.29) is 17.8 Å². The fourth-order valence-corrected chi connectivity index (χ4v) is 5.30. The van der Waals surface area contributed by atoms with E-state index in [1.165, 1.54) is 5.57 Å². The normalized spacial score (nSPS) is 22.4. The molecule has 0 N–H and O–H groups in total. The number of hydrogen-bond donors (Lipinski definition) is 0. The van der Waals surface area contributed by atoms with E-state index in [4.69, 9.17) is 19.8 Å². The molecule has 1 aliphatic heterocycles. The lowest BCUT2D eigenvalue weighted by Gasteiger charge is -2.37. The zero-order chi connectivity index (χ0) is 24.0. The average molecular weight is 463 g/mol. The predicted octanol–water partition coefficient (Wildman–Crippen LogP) is 5.22. The zero-order valence-electron chi connectivity index (χ0n) is 20.4. The fourth-order valence-electron chi connectivity index (χ4n) is 5.30. The van der Waals surface area contributed by atoms with Gasteiger partial charge in [-0.1, -0.05) is 30.7 Å². The maximum atomic E-state index is 14.9. The average Bonchev–Trinajstić information content (AvgIpc) is 3.44. The van der Waals surface area contributed by atoms with Gasteiger partial charge in [0.25, 0.3) is 0 Å². The molecule has 0 spiro atoms. The second-order valence-electron chi connectivity index (χ2n) is 9.79. The topological polar surface area (TPSA) is 70.7 Å². The molecule has 0 fully saturated rings. The minimum Gasteiger partial charge on any atom is -0.479 e. The minimum atomic E-state index is -1.28. The van der Waals surface area contributed by atoms with Crippen LogP contribution in [0.2, 0.25) is 0 Å². The summed E-state index contributed by atoms with van der Waals surface area (Å²) in [7, 11) is 1.61. The van der Waals surface area contributed by atoms with E-state index in [9.17, 15) is 4.39 Å². The summed E-state index contributed by atoms with van der Waals surface area (Å²) < 4.78 is 24.3. The van der Waals surface area contributed by atoms with Crippen molar-refractivity contribution in [1.29, 1.82) is 0 Å². The highest BCUT2D eigenvalue weighted by Gasteiger charge is 2.39. The van der Waals surface area contributed by atoms with E-state index < -0.39 is 5.67 Å². The summed E-state index contributed by atoms with van der Waals surface area (Å²) in [4.78, 5) is 13.9. The smallest absolute Gasteiger partial charge is 0.238 e. The lowest BCUT2D eigenvalue weighted by molar-refractivity contribution is 0.124. The maximum Gasteiger partial charge on any atom is 0.238 e. The van der Waals surface area contributed by atoms with Crippen LogP contribution in [0.5, 0.6) is 5.88 Å². The molecular weight excluding hydrogens is 431 g/mol. The molecule has 178 valence electrons. The number of hydrogen-bond acceptors (Lipinski definition) is 5. The SMILES string of the molecule is COc1nc(-c2nc3n(n2)CCC[C@H]3C2=CC=CC(C(C)(C)F)C2C)ccc1-n1cnc(C)c1. The van der Waals surface area contributed by atoms with Crippen molar-refractivity contribution in [2.24, 2.45) is 11.8 Å². The van der Waals surface area contributed by atoms with Crippen LogP contribution in [-0.4, -0.2) is 42.1 Å². The second-order valence-corrected chi connectivity index (χ2v) is 9.79.